The Balaban J connectivity index is 1.61. The van der Waals surface area contributed by atoms with Crippen molar-refractivity contribution >= 4 is 27.5 Å². The number of rotatable bonds is 7. The number of nitrogens with one attached hydrogen (secondary N) is 2. The predicted octanol–water partition coefficient (Wildman–Crippen LogP) is 4.28. The lowest BCUT2D eigenvalue weighted by molar-refractivity contribution is -0.118. The lowest BCUT2D eigenvalue weighted by Crippen LogP contribution is -2.38. The molecule has 3 aromatic carbocycles. The first-order valence-electron chi connectivity index (χ1n) is 11.7. The first-order chi connectivity index (χ1) is 16.9. The minimum atomic E-state index is -3.70. The van der Waals surface area contributed by atoms with Crippen LogP contribution in [-0.2, 0) is 14.8 Å². The van der Waals surface area contributed by atoms with Gasteiger partial charge in [0.1, 0.15) is 6.04 Å². The maximum Gasteiger partial charge on any atom is 0.252 e. The molecule has 1 fully saturated rings. The van der Waals surface area contributed by atoms with Gasteiger partial charge in [-0.25, -0.2) is 8.42 Å². The van der Waals surface area contributed by atoms with Crippen LogP contribution < -0.4 is 10.6 Å². The number of nitrogens with zero attached hydrogens (tertiary/aromatic N) is 1. The molecule has 1 unspecified atom stereocenters. The van der Waals surface area contributed by atoms with Gasteiger partial charge >= 0.3 is 0 Å². The van der Waals surface area contributed by atoms with Crippen LogP contribution in [0.25, 0.3) is 0 Å². The van der Waals surface area contributed by atoms with Gasteiger partial charge in [-0.15, -0.1) is 0 Å². The van der Waals surface area contributed by atoms with E-state index >= 15 is 0 Å². The summed E-state index contributed by atoms with van der Waals surface area (Å²) in [5.41, 5.74) is 2.06. The molecule has 1 atom stereocenters. The summed E-state index contributed by atoms with van der Waals surface area (Å²) in [6.07, 6.45) is 2.67. The van der Waals surface area contributed by atoms with E-state index in [1.165, 1.54) is 16.4 Å². The molecule has 8 heteroatoms. The Morgan fingerprint density at radius 2 is 1.49 bits per heavy atom. The molecule has 0 radical (unpaired) electrons. The van der Waals surface area contributed by atoms with Gasteiger partial charge in [-0.2, -0.15) is 4.31 Å². The number of hydrogen-bond acceptors (Lipinski definition) is 4. The maximum absolute atomic E-state index is 13.4. The molecule has 0 aliphatic carbocycles. The highest BCUT2D eigenvalue weighted by molar-refractivity contribution is 7.89. The fourth-order valence-electron chi connectivity index (χ4n) is 4.15. The third kappa shape index (κ3) is 5.78. The standard InChI is InChI=1S/C27H29N3O4S/c1-20-15-16-23(35(33,34)30-17-9-4-10-18-30)19-24(20)26(31)29-25(21-11-5-2-6-12-21)27(32)28-22-13-7-3-8-14-22/h2-3,5-8,11-16,19,25H,4,9-10,17-18H2,1H3,(H,28,32)(H,29,31). The highest BCUT2D eigenvalue weighted by Crippen LogP contribution is 2.24. The molecule has 1 saturated heterocycles. The summed E-state index contributed by atoms with van der Waals surface area (Å²) in [6.45, 7) is 2.70. The Morgan fingerprint density at radius 1 is 0.857 bits per heavy atom. The van der Waals surface area contributed by atoms with Gasteiger partial charge in [0.15, 0.2) is 0 Å². The van der Waals surface area contributed by atoms with Crippen LogP contribution in [-0.4, -0.2) is 37.6 Å². The van der Waals surface area contributed by atoms with Gasteiger partial charge in [-0.3, -0.25) is 9.59 Å². The molecule has 0 bridgehead atoms. The number of carbonyl (C=O) groups is 2. The van der Waals surface area contributed by atoms with Crippen LogP contribution in [0.15, 0.2) is 83.8 Å². The molecule has 2 N–H and O–H groups in total. The first-order valence-corrected chi connectivity index (χ1v) is 13.1. The summed E-state index contributed by atoms with van der Waals surface area (Å²) in [5, 5.41) is 5.64. The maximum atomic E-state index is 13.4. The summed E-state index contributed by atoms with van der Waals surface area (Å²) in [5.74, 6) is -0.916. The number of amides is 2. The Kier molecular flexibility index (Phi) is 7.63. The average molecular weight is 492 g/mol. The molecule has 0 spiro atoms. The summed E-state index contributed by atoms with van der Waals surface area (Å²) in [7, 11) is -3.70. The van der Waals surface area contributed by atoms with Crippen molar-refractivity contribution in [3.05, 3.63) is 95.6 Å². The van der Waals surface area contributed by atoms with E-state index in [0.717, 1.165) is 19.3 Å². The summed E-state index contributed by atoms with van der Waals surface area (Å²) < 4.78 is 27.8. The Labute approximate surface area is 206 Å². The van der Waals surface area contributed by atoms with Crippen molar-refractivity contribution < 1.29 is 18.0 Å². The van der Waals surface area contributed by atoms with Crippen molar-refractivity contribution in [1.82, 2.24) is 9.62 Å². The number of aryl methyl sites for hydroxylation is 1. The zero-order chi connectivity index (χ0) is 24.8. The monoisotopic (exact) mass is 491 g/mol. The van der Waals surface area contributed by atoms with Crippen LogP contribution in [0.3, 0.4) is 0 Å². The quantitative estimate of drug-likeness (QED) is 0.516. The molecular weight excluding hydrogens is 462 g/mol. The minimum absolute atomic E-state index is 0.0835. The molecule has 1 aliphatic heterocycles. The molecule has 7 nitrogen and oxygen atoms in total. The van der Waals surface area contributed by atoms with Gasteiger partial charge in [-0.05, 0) is 55.2 Å². The molecule has 0 saturated carbocycles. The summed E-state index contributed by atoms with van der Waals surface area (Å²) in [4.78, 5) is 26.6. The normalized spacial score (nSPS) is 15.2. The molecule has 35 heavy (non-hydrogen) atoms. The van der Waals surface area contributed by atoms with Crippen molar-refractivity contribution in [2.45, 2.75) is 37.1 Å². The van der Waals surface area contributed by atoms with Crippen molar-refractivity contribution in [3.8, 4) is 0 Å². The smallest absolute Gasteiger partial charge is 0.252 e. The van der Waals surface area contributed by atoms with Crippen LogP contribution >= 0.6 is 0 Å². The van der Waals surface area contributed by atoms with E-state index in [1.54, 1.807) is 49.4 Å². The highest BCUT2D eigenvalue weighted by Gasteiger charge is 2.28. The van der Waals surface area contributed by atoms with Gasteiger partial charge in [0.25, 0.3) is 11.8 Å². The summed E-state index contributed by atoms with van der Waals surface area (Å²) in [6, 6.07) is 21.5. The van der Waals surface area contributed by atoms with Crippen molar-refractivity contribution in [1.29, 1.82) is 0 Å². The fourth-order valence-corrected chi connectivity index (χ4v) is 5.69. The Morgan fingerprint density at radius 3 is 2.14 bits per heavy atom. The second-order valence-corrected chi connectivity index (χ2v) is 10.6. The fraction of sp³-hybridized carbons (Fsp3) is 0.259. The first kappa shape index (κ1) is 24.6. The van der Waals surface area contributed by atoms with Gasteiger partial charge < -0.3 is 10.6 Å². The molecule has 1 heterocycles. The average Bonchev–Trinajstić information content (AvgIpc) is 2.89. The van der Waals surface area contributed by atoms with E-state index in [9.17, 15) is 18.0 Å². The van der Waals surface area contributed by atoms with E-state index in [4.69, 9.17) is 0 Å². The van der Waals surface area contributed by atoms with Crippen molar-refractivity contribution in [2.24, 2.45) is 0 Å². The number of para-hydroxylation sites is 1. The third-order valence-electron chi connectivity index (χ3n) is 6.12. The zero-order valence-corrected chi connectivity index (χ0v) is 20.4. The number of hydrogen-bond donors (Lipinski definition) is 2. The topological polar surface area (TPSA) is 95.6 Å². The molecule has 0 aromatic heterocycles. The van der Waals surface area contributed by atoms with E-state index in [2.05, 4.69) is 10.6 Å². The van der Waals surface area contributed by atoms with E-state index < -0.39 is 27.9 Å². The van der Waals surface area contributed by atoms with Crippen molar-refractivity contribution in [3.63, 3.8) is 0 Å². The van der Waals surface area contributed by atoms with E-state index in [1.807, 2.05) is 24.3 Å². The second-order valence-electron chi connectivity index (χ2n) is 8.61. The minimum Gasteiger partial charge on any atom is -0.336 e. The van der Waals surface area contributed by atoms with Gasteiger partial charge in [0, 0.05) is 24.3 Å². The van der Waals surface area contributed by atoms with E-state index in [-0.39, 0.29) is 10.5 Å². The molecule has 3 aromatic rings. The Hall–Kier alpha value is -3.49. The van der Waals surface area contributed by atoms with Gasteiger partial charge in [-0.1, -0.05) is 61.0 Å². The van der Waals surface area contributed by atoms with Crippen LogP contribution in [0.5, 0.6) is 0 Å². The lowest BCUT2D eigenvalue weighted by Gasteiger charge is -2.26. The lowest BCUT2D eigenvalue weighted by atomic mass is 10.0. The van der Waals surface area contributed by atoms with Crippen LogP contribution in [0.4, 0.5) is 5.69 Å². The predicted molar refractivity (Wildman–Crippen MR) is 136 cm³/mol. The van der Waals surface area contributed by atoms with Gasteiger partial charge in [0.2, 0.25) is 10.0 Å². The SMILES string of the molecule is Cc1ccc(S(=O)(=O)N2CCCCC2)cc1C(=O)NC(C(=O)Nc1ccccc1)c1ccccc1. The Bertz CT molecular complexity index is 1290. The van der Waals surface area contributed by atoms with E-state index in [0.29, 0.717) is 29.9 Å². The second kappa shape index (κ2) is 10.8. The number of carbonyl (C=O) groups excluding carboxylic acids is 2. The number of piperidine rings is 1. The largest absolute Gasteiger partial charge is 0.336 e. The third-order valence-corrected chi connectivity index (χ3v) is 8.01. The van der Waals surface area contributed by atoms with Crippen LogP contribution in [0.1, 0.15) is 46.8 Å². The van der Waals surface area contributed by atoms with Crippen molar-refractivity contribution in [2.75, 3.05) is 18.4 Å². The number of benzene rings is 3. The molecule has 4 rings (SSSR count). The number of sulfonamides is 1. The number of anilines is 1. The van der Waals surface area contributed by atoms with Gasteiger partial charge in [0.05, 0.1) is 4.90 Å². The highest BCUT2D eigenvalue weighted by atomic mass is 32.2. The molecule has 2 amide bonds. The molecule has 1 aliphatic rings. The summed E-state index contributed by atoms with van der Waals surface area (Å²) >= 11 is 0. The van der Waals surface area contributed by atoms with Crippen LogP contribution in [0.2, 0.25) is 0 Å². The zero-order valence-electron chi connectivity index (χ0n) is 19.6. The molecular formula is C27H29N3O4S. The molecule has 182 valence electrons. The van der Waals surface area contributed by atoms with Crippen LogP contribution in [0, 0.1) is 6.92 Å².